The Kier molecular flexibility index (Phi) is 3.79. The Hall–Kier alpha value is -0.500. The van der Waals surface area contributed by atoms with Crippen molar-refractivity contribution in [2.75, 3.05) is 5.75 Å². The first kappa shape index (κ1) is 10.6. The molecular weight excluding hydrogens is 180 g/mol. The van der Waals surface area contributed by atoms with Gasteiger partial charge >= 0.3 is 0 Å². The van der Waals surface area contributed by atoms with Crippen LogP contribution in [0.25, 0.3) is 0 Å². The van der Waals surface area contributed by atoms with Gasteiger partial charge in [-0.2, -0.15) is 0 Å². The largest absolute Gasteiger partial charge is 0.295 e. The summed E-state index contributed by atoms with van der Waals surface area (Å²) in [5.74, 6) is 1.77. The van der Waals surface area contributed by atoms with Crippen molar-refractivity contribution in [3.63, 3.8) is 0 Å². The summed E-state index contributed by atoms with van der Waals surface area (Å²) in [6.07, 6.45) is 4.59. The Morgan fingerprint density at radius 1 is 1.62 bits per heavy atom. The van der Waals surface area contributed by atoms with Crippen molar-refractivity contribution in [1.82, 2.24) is 0 Å². The Balaban J connectivity index is 2.72. The van der Waals surface area contributed by atoms with E-state index < -0.39 is 0 Å². The second-order valence-electron chi connectivity index (χ2n) is 3.65. The predicted octanol–water partition coefficient (Wildman–Crippen LogP) is 3.18. The van der Waals surface area contributed by atoms with Crippen molar-refractivity contribution in [1.29, 1.82) is 0 Å². The van der Waals surface area contributed by atoms with Crippen molar-refractivity contribution < 1.29 is 4.79 Å². The van der Waals surface area contributed by atoms with E-state index in [-0.39, 0.29) is 5.78 Å². The zero-order valence-corrected chi connectivity index (χ0v) is 9.28. The van der Waals surface area contributed by atoms with E-state index in [9.17, 15) is 4.79 Å². The molecule has 13 heavy (non-hydrogen) atoms. The van der Waals surface area contributed by atoms with Crippen molar-refractivity contribution >= 4 is 17.5 Å². The summed E-state index contributed by atoms with van der Waals surface area (Å²) in [5.41, 5.74) is 1.34. The number of rotatable bonds is 2. The van der Waals surface area contributed by atoms with Crippen LogP contribution < -0.4 is 0 Å². The third-order valence-corrected chi connectivity index (χ3v) is 3.18. The molecule has 1 nitrogen and oxygen atoms in total. The second kappa shape index (κ2) is 4.66. The zero-order chi connectivity index (χ0) is 9.84. The molecule has 0 aromatic heterocycles. The van der Waals surface area contributed by atoms with E-state index in [0.29, 0.717) is 12.3 Å². The van der Waals surface area contributed by atoms with E-state index >= 15 is 0 Å². The lowest BCUT2D eigenvalue weighted by Gasteiger charge is -2.10. The van der Waals surface area contributed by atoms with Crippen molar-refractivity contribution in [2.24, 2.45) is 5.92 Å². The van der Waals surface area contributed by atoms with Gasteiger partial charge in [-0.3, -0.25) is 4.79 Å². The number of allylic oxidation sites excluding steroid dienone is 3. The fourth-order valence-corrected chi connectivity index (χ4v) is 2.04. The zero-order valence-electron chi connectivity index (χ0n) is 8.46. The van der Waals surface area contributed by atoms with Gasteiger partial charge in [0.2, 0.25) is 0 Å². The molecule has 1 rings (SSSR count). The van der Waals surface area contributed by atoms with Gasteiger partial charge < -0.3 is 0 Å². The van der Waals surface area contributed by atoms with Crippen LogP contribution in [0.2, 0.25) is 0 Å². The van der Waals surface area contributed by atoms with Crippen LogP contribution in [0.15, 0.2) is 22.6 Å². The van der Waals surface area contributed by atoms with Crippen LogP contribution in [0, 0.1) is 5.92 Å². The van der Waals surface area contributed by atoms with Crippen LogP contribution in [-0.2, 0) is 4.79 Å². The van der Waals surface area contributed by atoms with Gasteiger partial charge in [-0.05, 0) is 25.0 Å². The van der Waals surface area contributed by atoms with Crippen LogP contribution >= 0.6 is 11.8 Å². The fourth-order valence-electron chi connectivity index (χ4n) is 1.02. The predicted molar refractivity (Wildman–Crippen MR) is 58.8 cm³/mol. The molecule has 1 heterocycles. The number of thioether (sulfide) groups is 1. The lowest BCUT2D eigenvalue weighted by molar-refractivity contribution is -0.114. The Labute approximate surface area is 84.3 Å². The average molecular weight is 196 g/mol. The highest BCUT2D eigenvalue weighted by Gasteiger charge is 2.09. The molecule has 1 aliphatic rings. The Bertz CT molecular complexity index is 261. The molecule has 0 aromatic rings. The third kappa shape index (κ3) is 3.39. The first-order chi connectivity index (χ1) is 6.09. The van der Waals surface area contributed by atoms with Crippen LogP contribution in [0.4, 0.5) is 0 Å². The SMILES string of the molecule is CC(=CC1=CC(=O)CCS1)C(C)C. The maximum atomic E-state index is 11.1. The number of carbonyl (C=O) groups is 1. The number of carbonyl (C=O) groups excluding carboxylic acids is 1. The van der Waals surface area contributed by atoms with Crippen LogP contribution in [0.5, 0.6) is 0 Å². The number of hydrogen-bond donors (Lipinski definition) is 0. The van der Waals surface area contributed by atoms with Gasteiger partial charge in [-0.15, -0.1) is 11.8 Å². The molecule has 0 saturated carbocycles. The second-order valence-corrected chi connectivity index (χ2v) is 4.82. The first-order valence-electron chi connectivity index (χ1n) is 4.65. The molecule has 0 aliphatic carbocycles. The fraction of sp³-hybridized carbons (Fsp3) is 0.545. The smallest absolute Gasteiger partial charge is 0.157 e. The molecule has 72 valence electrons. The van der Waals surface area contributed by atoms with Gasteiger partial charge in [0, 0.05) is 17.1 Å². The van der Waals surface area contributed by atoms with Gasteiger partial charge in [-0.1, -0.05) is 19.4 Å². The first-order valence-corrected chi connectivity index (χ1v) is 5.63. The molecular formula is C11H16OS. The summed E-state index contributed by atoms with van der Waals surface area (Å²) in [4.78, 5) is 12.2. The van der Waals surface area contributed by atoms with Crippen molar-refractivity contribution in [2.45, 2.75) is 27.2 Å². The van der Waals surface area contributed by atoms with E-state index in [1.54, 1.807) is 17.8 Å². The molecule has 0 radical (unpaired) electrons. The molecule has 0 saturated heterocycles. The summed E-state index contributed by atoms with van der Waals surface area (Å²) in [6, 6.07) is 0. The normalized spacial score (nSPS) is 19.2. The van der Waals surface area contributed by atoms with Crippen molar-refractivity contribution in [3.05, 3.63) is 22.6 Å². The maximum absolute atomic E-state index is 11.1. The average Bonchev–Trinajstić information content (AvgIpc) is 2.04. The van der Waals surface area contributed by atoms with Crippen LogP contribution in [0.3, 0.4) is 0 Å². The monoisotopic (exact) mass is 196 g/mol. The topological polar surface area (TPSA) is 17.1 Å². The molecule has 0 N–H and O–H groups in total. The number of ketones is 1. The molecule has 0 bridgehead atoms. The molecule has 1 aliphatic heterocycles. The lowest BCUT2D eigenvalue weighted by atomic mass is 10.0. The highest BCUT2D eigenvalue weighted by atomic mass is 32.2. The Morgan fingerprint density at radius 3 is 2.85 bits per heavy atom. The summed E-state index contributed by atoms with van der Waals surface area (Å²) < 4.78 is 0. The van der Waals surface area contributed by atoms with Gasteiger partial charge in [0.1, 0.15) is 0 Å². The van der Waals surface area contributed by atoms with Gasteiger partial charge in [0.25, 0.3) is 0 Å². The van der Waals surface area contributed by atoms with E-state index in [2.05, 4.69) is 26.8 Å². The maximum Gasteiger partial charge on any atom is 0.157 e. The van der Waals surface area contributed by atoms with Crippen LogP contribution in [0.1, 0.15) is 27.2 Å². The standard InChI is InChI=1S/C11H16OS/c1-8(2)9(3)6-11-7-10(12)4-5-13-11/h6-8H,4-5H2,1-3H3. The van der Waals surface area contributed by atoms with E-state index in [1.165, 1.54) is 5.57 Å². The summed E-state index contributed by atoms with van der Waals surface area (Å²) in [7, 11) is 0. The Morgan fingerprint density at radius 2 is 2.31 bits per heavy atom. The van der Waals surface area contributed by atoms with Gasteiger partial charge in [0.05, 0.1) is 0 Å². The van der Waals surface area contributed by atoms with Gasteiger partial charge in [-0.25, -0.2) is 0 Å². The van der Waals surface area contributed by atoms with E-state index in [1.807, 2.05) is 0 Å². The minimum atomic E-state index is 0.265. The summed E-state index contributed by atoms with van der Waals surface area (Å²) in [6.45, 7) is 6.45. The molecule has 2 heteroatoms. The van der Waals surface area contributed by atoms with E-state index in [0.717, 1.165) is 10.7 Å². The van der Waals surface area contributed by atoms with Crippen LogP contribution in [-0.4, -0.2) is 11.5 Å². The lowest BCUT2D eigenvalue weighted by Crippen LogP contribution is -2.02. The highest BCUT2D eigenvalue weighted by molar-refractivity contribution is 8.03. The summed E-state index contributed by atoms with van der Waals surface area (Å²) >= 11 is 1.78. The molecule has 0 atom stereocenters. The quantitative estimate of drug-likeness (QED) is 0.674. The molecule has 0 amide bonds. The summed E-state index contributed by atoms with van der Waals surface area (Å²) in [5, 5.41) is 0. The molecule has 0 unspecified atom stereocenters. The van der Waals surface area contributed by atoms with Crippen molar-refractivity contribution in [3.8, 4) is 0 Å². The number of hydrogen-bond acceptors (Lipinski definition) is 2. The van der Waals surface area contributed by atoms with Gasteiger partial charge in [0.15, 0.2) is 5.78 Å². The molecule has 0 aromatic carbocycles. The highest BCUT2D eigenvalue weighted by Crippen LogP contribution is 2.25. The minimum absolute atomic E-state index is 0.265. The minimum Gasteiger partial charge on any atom is -0.295 e. The van der Waals surface area contributed by atoms with E-state index in [4.69, 9.17) is 0 Å². The molecule has 0 fully saturated rings. The third-order valence-electron chi connectivity index (χ3n) is 2.20. The molecule has 0 spiro atoms.